The van der Waals surface area contributed by atoms with Gasteiger partial charge in [-0.05, 0) is 19.3 Å². The first-order valence-electron chi connectivity index (χ1n) is 7.50. The van der Waals surface area contributed by atoms with E-state index in [9.17, 15) is 4.79 Å². The number of carbonyl (C=O) groups is 1. The average Bonchev–Trinajstić information content (AvgIpc) is 3.05. The van der Waals surface area contributed by atoms with E-state index < -0.39 is 0 Å². The Labute approximate surface area is 113 Å². The molecule has 6 heteroatoms. The lowest BCUT2D eigenvalue weighted by atomic mass is 10.0. The summed E-state index contributed by atoms with van der Waals surface area (Å²) >= 11 is 0. The van der Waals surface area contributed by atoms with Crippen LogP contribution in [-0.4, -0.2) is 60.4 Å². The molecule has 2 N–H and O–H groups in total. The van der Waals surface area contributed by atoms with E-state index in [1.165, 1.54) is 6.42 Å². The van der Waals surface area contributed by atoms with Crippen LogP contribution in [-0.2, 0) is 9.53 Å². The third-order valence-electron chi connectivity index (χ3n) is 4.99. The van der Waals surface area contributed by atoms with Crippen LogP contribution in [0.25, 0.3) is 0 Å². The molecule has 19 heavy (non-hydrogen) atoms. The maximum absolute atomic E-state index is 12.2. The topological polar surface area (TPSA) is 56.8 Å². The van der Waals surface area contributed by atoms with E-state index in [4.69, 9.17) is 4.74 Å². The first kappa shape index (κ1) is 12.1. The van der Waals surface area contributed by atoms with E-state index in [2.05, 4.69) is 20.9 Å². The maximum Gasteiger partial charge on any atom is 0.310 e. The number of nitrogens with one attached hydrogen (secondary N) is 2. The maximum atomic E-state index is 12.2. The SMILES string of the molecule is O=C(OC1CC2CCNN2C1)C1CC2CCNN2C1. The van der Waals surface area contributed by atoms with Crippen LogP contribution >= 0.6 is 0 Å². The normalized spacial score (nSPS) is 42.5. The molecule has 4 aliphatic heterocycles. The lowest BCUT2D eigenvalue weighted by molar-refractivity contribution is -0.153. The van der Waals surface area contributed by atoms with Gasteiger partial charge < -0.3 is 4.74 Å². The molecule has 0 amide bonds. The molecule has 4 fully saturated rings. The largest absolute Gasteiger partial charge is 0.461 e. The van der Waals surface area contributed by atoms with Crippen molar-refractivity contribution in [3.05, 3.63) is 0 Å². The minimum atomic E-state index is 0.0161. The number of nitrogens with zero attached hydrogens (tertiary/aromatic N) is 2. The summed E-state index contributed by atoms with van der Waals surface area (Å²) in [5.41, 5.74) is 6.68. The van der Waals surface area contributed by atoms with E-state index in [1.54, 1.807) is 0 Å². The van der Waals surface area contributed by atoms with Crippen LogP contribution in [0.3, 0.4) is 0 Å². The van der Waals surface area contributed by atoms with Gasteiger partial charge in [-0.3, -0.25) is 15.6 Å². The van der Waals surface area contributed by atoms with Crippen LogP contribution < -0.4 is 10.9 Å². The van der Waals surface area contributed by atoms with Crippen LogP contribution in [0.1, 0.15) is 25.7 Å². The van der Waals surface area contributed by atoms with Gasteiger partial charge in [0.1, 0.15) is 6.10 Å². The molecule has 4 heterocycles. The van der Waals surface area contributed by atoms with Crippen molar-refractivity contribution in [2.45, 2.75) is 43.9 Å². The third-order valence-corrected chi connectivity index (χ3v) is 4.99. The summed E-state index contributed by atoms with van der Waals surface area (Å²) in [6.07, 6.45) is 4.39. The van der Waals surface area contributed by atoms with Gasteiger partial charge in [-0.15, -0.1) is 0 Å². The monoisotopic (exact) mass is 266 g/mol. The second kappa shape index (κ2) is 4.70. The second-order valence-electron chi connectivity index (χ2n) is 6.23. The minimum absolute atomic E-state index is 0.0161. The zero-order valence-electron chi connectivity index (χ0n) is 11.2. The van der Waals surface area contributed by atoms with Gasteiger partial charge in [0.05, 0.1) is 12.5 Å². The van der Waals surface area contributed by atoms with E-state index in [0.717, 1.165) is 45.4 Å². The number of carbonyl (C=O) groups excluding carboxylic acids is 1. The molecule has 0 spiro atoms. The average molecular weight is 266 g/mol. The fourth-order valence-corrected chi connectivity index (χ4v) is 3.99. The molecule has 106 valence electrons. The summed E-state index contributed by atoms with van der Waals surface area (Å²) in [5.74, 6) is 0.0866. The van der Waals surface area contributed by atoms with Gasteiger partial charge in [-0.25, -0.2) is 10.0 Å². The van der Waals surface area contributed by atoms with Crippen molar-refractivity contribution in [1.82, 2.24) is 20.9 Å². The fraction of sp³-hybridized carbons (Fsp3) is 0.923. The molecular formula is C13H22N4O2. The van der Waals surface area contributed by atoms with Crippen molar-refractivity contribution >= 4 is 5.97 Å². The summed E-state index contributed by atoms with van der Waals surface area (Å²) in [4.78, 5) is 12.2. The number of hydrazine groups is 2. The summed E-state index contributed by atoms with van der Waals surface area (Å²) in [5, 5.41) is 4.47. The van der Waals surface area contributed by atoms with Crippen molar-refractivity contribution in [3.8, 4) is 0 Å². The van der Waals surface area contributed by atoms with Crippen LogP contribution in [0.5, 0.6) is 0 Å². The number of ether oxygens (including phenoxy) is 1. The Morgan fingerprint density at radius 2 is 1.68 bits per heavy atom. The predicted molar refractivity (Wildman–Crippen MR) is 68.8 cm³/mol. The van der Waals surface area contributed by atoms with Crippen molar-refractivity contribution in [2.24, 2.45) is 5.92 Å². The first-order chi connectivity index (χ1) is 9.29. The Kier molecular flexibility index (Phi) is 2.99. The molecule has 0 aromatic carbocycles. The van der Waals surface area contributed by atoms with Gasteiger partial charge in [-0.2, -0.15) is 0 Å². The first-order valence-corrected chi connectivity index (χ1v) is 7.50. The zero-order valence-corrected chi connectivity index (χ0v) is 11.2. The Balaban J connectivity index is 1.30. The summed E-state index contributed by atoms with van der Waals surface area (Å²) < 4.78 is 5.72. The molecule has 0 radical (unpaired) electrons. The molecule has 4 atom stereocenters. The van der Waals surface area contributed by atoms with E-state index >= 15 is 0 Å². The molecule has 0 aromatic rings. The molecule has 0 saturated carbocycles. The molecule has 0 aromatic heterocycles. The van der Waals surface area contributed by atoms with Crippen molar-refractivity contribution < 1.29 is 9.53 Å². The number of hydrogen-bond acceptors (Lipinski definition) is 6. The van der Waals surface area contributed by atoms with Crippen molar-refractivity contribution in [1.29, 1.82) is 0 Å². The molecule has 4 unspecified atom stereocenters. The standard InChI is InChI=1S/C13H22N4O2/c18-13(9-5-10-1-3-14-16(10)7-9)19-12-6-11-2-4-15-17(11)8-12/h9-12,14-15H,1-8H2. The number of hydrogen-bond donors (Lipinski definition) is 2. The summed E-state index contributed by atoms with van der Waals surface area (Å²) in [6.45, 7) is 3.80. The molecule has 4 saturated heterocycles. The second-order valence-corrected chi connectivity index (χ2v) is 6.23. The Hall–Kier alpha value is -0.690. The Bertz CT molecular complexity index is 354. The van der Waals surface area contributed by atoms with Crippen LogP contribution in [0.2, 0.25) is 0 Å². The van der Waals surface area contributed by atoms with Gasteiger partial charge in [0.2, 0.25) is 0 Å². The van der Waals surface area contributed by atoms with Crippen LogP contribution in [0.15, 0.2) is 0 Å². The van der Waals surface area contributed by atoms with Crippen molar-refractivity contribution in [3.63, 3.8) is 0 Å². The van der Waals surface area contributed by atoms with Crippen LogP contribution in [0, 0.1) is 5.92 Å². The van der Waals surface area contributed by atoms with Gasteiger partial charge in [0.15, 0.2) is 0 Å². The predicted octanol–water partition coefficient (Wildman–Crippen LogP) is -0.520. The number of esters is 1. The lowest BCUT2D eigenvalue weighted by Gasteiger charge is -2.17. The highest BCUT2D eigenvalue weighted by Gasteiger charge is 2.42. The number of rotatable bonds is 2. The quantitative estimate of drug-likeness (QED) is 0.656. The van der Waals surface area contributed by atoms with Gasteiger partial charge in [0.25, 0.3) is 0 Å². The molecular weight excluding hydrogens is 244 g/mol. The molecule has 4 aliphatic rings. The number of fused-ring (bicyclic) bond motifs is 2. The van der Waals surface area contributed by atoms with Gasteiger partial charge in [-0.1, -0.05) is 0 Å². The molecule has 0 bridgehead atoms. The highest BCUT2D eigenvalue weighted by atomic mass is 16.5. The zero-order chi connectivity index (χ0) is 12.8. The van der Waals surface area contributed by atoms with E-state index in [1.807, 2.05) is 0 Å². The van der Waals surface area contributed by atoms with Crippen LogP contribution in [0.4, 0.5) is 0 Å². The molecule has 4 rings (SSSR count). The summed E-state index contributed by atoms with van der Waals surface area (Å²) in [7, 11) is 0. The molecule has 6 nitrogen and oxygen atoms in total. The van der Waals surface area contributed by atoms with E-state index in [0.29, 0.717) is 12.1 Å². The van der Waals surface area contributed by atoms with Crippen molar-refractivity contribution in [2.75, 3.05) is 26.2 Å². The third kappa shape index (κ3) is 2.16. The van der Waals surface area contributed by atoms with Gasteiger partial charge >= 0.3 is 5.97 Å². The minimum Gasteiger partial charge on any atom is -0.461 e. The Morgan fingerprint density at radius 1 is 1.00 bits per heavy atom. The smallest absolute Gasteiger partial charge is 0.310 e. The Morgan fingerprint density at radius 3 is 2.37 bits per heavy atom. The highest BCUT2D eigenvalue weighted by Crippen LogP contribution is 2.30. The summed E-state index contributed by atoms with van der Waals surface area (Å²) in [6, 6.07) is 1.12. The molecule has 0 aliphatic carbocycles. The fourth-order valence-electron chi connectivity index (χ4n) is 3.99. The van der Waals surface area contributed by atoms with E-state index in [-0.39, 0.29) is 18.0 Å². The highest BCUT2D eigenvalue weighted by molar-refractivity contribution is 5.73. The lowest BCUT2D eigenvalue weighted by Crippen LogP contribution is -2.36. The van der Waals surface area contributed by atoms with Gasteiger partial charge in [0, 0.05) is 38.1 Å².